The zero-order valence-electron chi connectivity index (χ0n) is 9.70. The third-order valence-electron chi connectivity index (χ3n) is 2.61. The molecule has 0 aliphatic heterocycles. The Kier molecular flexibility index (Phi) is 4.64. The van der Waals surface area contributed by atoms with Crippen molar-refractivity contribution in [1.82, 2.24) is 5.16 Å². The lowest BCUT2D eigenvalue weighted by Gasteiger charge is -2.01. The number of halogens is 2. The van der Waals surface area contributed by atoms with Gasteiger partial charge < -0.3 is 9.63 Å². The summed E-state index contributed by atoms with van der Waals surface area (Å²) in [6.45, 7) is 0.192. The molecule has 96 valence electrons. The van der Waals surface area contributed by atoms with Gasteiger partial charge in [0.2, 0.25) is 0 Å². The number of aromatic nitrogens is 1. The fourth-order valence-corrected chi connectivity index (χ4v) is 2.29. The van der Waals surface area contributed by atoms with Crippen LogP contribution in [0.5, 0.6) is 0 Å². The Morgan fingerprint density at radius 2 is 1.89 bits per heavy atom. The van der Waals surface area contributed by atoms with Gasteiger partial charge in [0.05, 0.1) is 10.0 Å². The third kappa shape index (κ3) is 3.05. The summed E-state index contributed by atoms with van der Waals surface area (Å²) in [6, 6.07) is 7.16. The van der Waals surface area contributed by atoms with E-state index >= 15 is 0 Å². The lowest BCUT2D eigenvalue weighted by atomic mass is 10.1. The van der Waals surface area contributed by atoms with Gasteiger partial charge >= 0.3 is 0 Å². The van der Waals surface area contributed by atoms with Crippen molar-refractivity contribution in [2.45, 2.75) is 19.3 Å². The monoisotopic (exact) mass is 285 g/mol. The number of aliphatic hydroxyl groups is 1. The van der Waals surface area contributed by atoms with Gasteiger partial charge in [-0.3, -0.25) is 0 Å². The molecule has 1 N–H and O–H groups in total. The second-order valence-corrected chi connectivity index (χ2v) is 4.77. The van der Waals surface area contributed by atoms with E-state index in [0.29, 0.717) is 21.3 Å². The van der Waals surface area contributed by atoms with Crippen molar-refractivity contribution in [2.75, 3.05) is 6.61 Å². The topological polar surface area (TPSA) is 46.3 Å². The molecule has 0 radical (unpaired) electrons. The predicted molar refractivity (Wildman–Crippen MR) is 72.0 cm³/mol. The average Bonchev–Trinajstić information content (AvgIpc) is 2.78. The lowest BCUT2D eigenvalue weighted by molar-refractivity contribution is 0.281. The number of unbranched alkanes of at least 4 members (excludes halogenated alkanes) is 1. The zero-order valence-corrected chi connectivity index (χ0v) is 11.2. The van der Waals surface area contributed by atoms with Crippen molar-refractivity contribution in [3.8, 4) is 11.3 Å². The van der Waals surface area contributed by atoms with Gasteiger partial charge in [-0.2, -0.15) is 0 Å². The molecule has 2 rings (SSSR count). The molecule has 0 fully saturated rings. The molecule has 0 amide bonds. The van der Waals surface area contributed by atoms with E-state index in [9.17, 15) is 0 Å². The van der Waals surface area contributed by atoms with E-state index in [1.165, 1.54) is 0 Å². The summed E-state index contributed by atoms with van der Waals surface area (Å²) < 4.78 is 5.23. The van der Waals surface area contributed by atoms with Gasteiger partial charge in [-0.15, -0.1) is 0 Å². The van der Waals surface area contributed by atoms with E-state index in [0.717, 1.165) is 25.0 Å². The Morgan fingerprint density at radius 3 is 2.56 bits per heavy atom. The summed E-state index contributed by atoms with van der Waals surface area (Å²) in [5.41, 5.74) is 1.34. The molecular weight excluding hydrogens is 273 g/mol. The molecule has 18 heavy (non-hydrogen) atoms. The molecule has 0 unspecified atom stereocenters. The Balaban J connectivity index is 2.19. The van der Waals surface area contributed by atoms with Gasteiger partial charge in [-0.05, 0) is 25.0 Å². The maximum Gasteiger partial charge on any atom is 0.137 e. The molecule has 5 heteroatoms. The van der Waals surface area contributed by atoms with E-state index in [-0.39, 0.29) is 6.61 Å². The van der Waals surface area contributed by atoms with Crippen LogP contribution in [0.2, 0.25) is 10.0 Å². The second kappa shape index (κ2) is 6.23. The Labute approximate surface area is 115 Å². The van der Waals surface area contributed by atoms with Gasteiger partial charge in [-0.1, -0.05) is 34.4 Å². The lowest BCUT2D eigenvalue weighted by Crippen LogP contribution is -1.86. The highest BCUT2D eigenvalue weighted by molar-refractivity contribution is 6.39. The van der Waals surface area contributed by atoms with Gasteiger partial charge in [0.15, 0.2) is 0 Å². The fourth-order valence-electron chi connectivity index (χ4n) is 1.70. The second-order valence-electron chi connectivity index (χ2n) is 3.96. The molecule has 1 heterocycles. The summed E-state index contributed by atoms with van der Waals surface area (Å²) >= 11 is 12.2. The quantitative estimate of drug-likeness (QED) is 0.846. The molecule has 0 spiro atoms. The highest BCUT2D eigenvalue weighted by atomic mass is 35.5. The highest BCUT2D eigenvalue weighted by Crippen LogP contribution is 2.34. The summed E-state index contributed by atoms with van der Waals surface area (Å²) in [5, 5.41) is 13.8. The van der Waals surface area contributed by atoms with Crippen molar-refractivity contribution in [2.24, 2.45) is 0 Å². The molecule has 1 aromatic carbocycles. The molecule has 3 nitrogen and oxygen atoms in total. The number of aryl methyl sites for hydroxylation is 1. The fraction of sp³-hybridized carbons (Fsp3) is 0.308. The molecule has 0 saturated carbocycles. The summed E-state index contributed by atoms with van der Waals surface area (Å²) in [4.78, 5) is 0. The van der Waals surface area contributed by atoms with E-state index in [2.05, 4.69) is 5.16 Å². The number of hydrogen-bond donors (Lipinski definition) is 1. The third-order valence-corrected chi connectivity index (χ3v) is 3.24. The van der Waals surface area contributed by atoms with Crippen molar-refractivity contribution in [1.29, 1.82) is 0 Å². The van der Waals surface area contributed by atoms with Crippen LogP contribution in [0.15, 0.2) is 28.8 Å². The zero-order chi connectivity index (χ0) is 13.0. The summed E-state index contributed by atoms with van der Waals surface area (Å²) in [7, 11) is 0. The highest BCUT2D eigenvalue weighted by Gasteiger charge is 2.13. The first-order chi connectivity index (χ1) is 8.72. The summed E-state index contributed by atoms with van der Waals surface area (Å²) in [6.07, 6.45) is 2.36. The number of benzene rings is 1. The van der Waals surface area contributed by atoms with Crippen molar-refractivity contribution < 1.29 is 9.63 Å². The molecule has 0 bridgehead atoms. The number of nitrogens with zero attached hydrogens (tertiary/aromatic N) is 1. The van der Waals surface area contributed by atoms with Crippen molar-refractivity contribution >= 4 is 23.2 Å². The first-order valence-electron chi connectivity index (χ1n) is 5.73. The maximum atomic E-state index is 8.72. The van der Waals surface area contributed by atoms with E-state index in [1.54, 1.807) is 18.2 Å². The normalized spacial score (nSPS) is 10.8. The number of rotatable bonds is 5. The summed E-state index contributed by atoms with van der Waals surface area (Å²) in [5.74, 6) is 0.773. The maximum absolute atomic E-state index is 8.72. The molecule has 0 saturated heterocycles. The SMILES string of the molecule is OCCCCc1cc(-c2c(Cl)cccc2Cl)no1. The minimum atomic E-state index is 0.192. The molecular formula is C13H13Cl2NO2. The van der Waals surface area contributed by atoms with Gasteiger partial charge in [0.1, 0.15) is 11.5 Å². The minimum Gasteiger partial charge on any atom is -0.396 e. The molecule has 0 atom stereocenters. The van der Waals surface area contributed by atoms with Crippen LogP contribution in [0.3, 0.4) is 0 Å². The predicted octanol–water partition coefficient (Wildman–Crippen LogP) is 3.96. The Hall–Kier alpha value is -1.03. The van der Waals surface area contributed by atoms with Crippen LogP contribution in [0.25, 0.3) is 11.3 Å². The molecule has 2 aromatic rings. The van der Waals surface area contributed by atoms with Crippen molar-refractivity contribution in [3.05, 3.63) is 40.1 Å². The molecule has 1 aromatic heterocycles. The van der Waals surface area contributed by atoms with Gasteiger partial charge in [0, 0.05) is 24.7 Å². The number of hydrogen-bond acceptors (Lipinski definition) is 3. The van der Waals surface area contributed by atoms with Crippen LogP contribution in [0, 0.1) is 0 Å². The molecule has 0 aliphatic rings. The average molecular weight is 286 g/mol. The first kappa shape index (κ1) is 13.4. The van der Waals surface area contributed by atoms with Crippen LogP contribution in [-0.4, -0.2) is 16.9 Å². The van der Waals surface area contributed by atoms with E-state index < -0.39 is 0 Å². The Morgan fingerprint density at radius 1 is 1.17 bits per heavy atom. The Bertz CT molecular complexity index is 505. The van der Waals surface area contributed by atoms with Gasteiger partial charge in [0.25, 0.3) is 0 Å². The van der Waals surface area contributed by atoms with Crippen molar-refractivity contribution in [3.63, 3.8) is 0 Å². The van der Waals surface area contributed by atoms with E-state index in [4.69, 9.17) is 32.8 Å². The van der Waals surface area contributed by atoms with Crippen LogP contribution in [0.1, 0.15) is 18.6 Å². The minimum absolute atomic E-state index is 0.192. The molecule has 0 aliphatic carbocycles. The van der Waals surface area contributed by atoms with Crippen LogP contribution in [-0.2, 0) is 6.42 Å². The standard InChI is InChI=1S/C13H13Cl2NO2/c14-10-5-3-6-11(15)13(10)12-8-9(18-16-12)4-1-2-7-17/h3,5-6,8,17H,1-2,4,7H2. The largest absolute Gasteiger partial charge is 0.396 e. The van der Waals surface area contributed by atoms with Crippen LogP contribution < -0.4 is 0 Å². The smallest absolute Gasteiger partial charge is 0.137 e. The van der Waals surface area contributed by atoms with Crippen LogP contribution >= 0.6 is 23.2 Å². The first-order valence-corrected chi connectivity index (χ1v) is 6.49. The van der Waals surface area contributed by atoms with Gasteiger partial charge in [-0.25, -0.2) is 0 Å². The van der Waals surface area contributed by atoms with Crippen LogP contribution in [0.4, 0.5) is 0 Å². The number of aliphatic hydroxyl groups excluding tert-OH is 1. The van der Waals surface area contributed by atoms with E-state index in [1.807, 2.05) is 6.07 Å².